The Morgan fingerprint density at radius 2 is 1.81 bits per heavy atom. The van der Waals surface area contributed by atoms with Crippen molar-refractivity contribution in [2.75, 3.05) is 0 Å². The average molecular weight is 300 g/mol. The fourth-order valence-electron chi connectivity index (χ4n) is 2.65. The monoisotopic (exact) mass is 299 g/mol. The first-order valence-electron chi connectivity index (χ1n) is 7.12. The maximum Gasteiger partial charge on any atom is 0.128 e. The molecule has 0 aliphatic heterocycles. The first-order chi connectivity index (χ1) is 10.1. The van der Waals surface area contributed by atoms with Gasteiger partial charge >= 0.3 is 0 Å². The summed E-state index contributed by atoms with van der Waals surface area (Å²) in [5.41, 5.74) is 2.32. The number of nitrogens with zero attached hydrogens (tertiary/aromatic N) is 1. The molecule has 0 radical (unpaired) electrons. The molecule has 0 saturated carbocycles. The Morgan fingerprint density at radius 1 is 1.05 bits per heavy atom. The summed E-state index contributed by atoms with van der Waals surface area (Å²) in [4.78, 5) is 0. The molecule has 0 spiro atoms. The van der Waals surface area contributed by atoms with E-state index in [-0.39, 0.29) is 0 Å². The van der Waals surface area contributed by atoms with E-state index in [9.17, 15) is 0 Å². The number of hydrogen-bond donors (Lipinski definition) is 0. The number of benzene rings is 2. The summed E-state index contributed by atoms with van der Waals surface area (Å²) in [6, 6.07) is 18.4. The fourth-order valence-corrected chi connectivity index (χ4v) is 2.81. The van der Waals surface area contributed by atoms with E-state index in [1.807, 2.05) is 42.5 Å². The summed E-state index contributed by atoms with van der Waals surface area (Å²) in [5, 5.41) is 1.96. The lowest BCUT2D eigenvalue weighted by atomic mass is 10.2. The van der Waals surface area contributed by atoms with Crippen LogP contribution in [0.15, 0.2) is 54.6 Å². The number of halogens is 1. The van der Waals surface area contributed by atoms with Crippen molar-refractivity contribution < 1.29 is 4.74 Å². The second kappa shape index (κ2) is 5.82. The van der Waals surface area contributed by atoms with Gasteiger partial charge in [0.25, 0.3) is 0 Å². The van der Waals surface area contributed by atoms with E-state index in [1.165, 1.54) is 5.39 Å². The predicted molar refractivity (Wildman–Crippen MR) is 88.1 cm³/mol. The van der Waals surface area contributed by atoms with Crippen LogP contribution in [0, 0.1) is 0 Å². The first-order valence-corrected chi connectivity index (χ1v) is 7.50. The van der Waals surface area contributed by atoms with Crippen molar-refractivity contribution in [3.8, 4) is 5.75 Å². The minimum absolute atomic E-state index is 0.357. The van der Waals surface area contributed by atoms with Gasteiger partial charge in [0, 0.05) is 16.5 Å². The van der Waals surface area contributed by atoms with E-state index < -0.39 is 0 Å². The smallest absolute Gasteiger partial charge is 0.128 e. The minimum atomic E-state index is 0.357. The van der Waals surface area contributed by atoms with Crippen molar-refractivity contribution >= 4 is 22.5 Å². The number of aromatic nitrogens is 1. The highest BCUT2D eigenvalue weighted by molar-refractivity contribution is 6.31. The van der Waals surface area contributed by atoms with Crippen LogP contribution in [0.1, 0.15) is 25.6 Å². The quantitative estimate of drug-likeness (QED) is 0.624. The average Bonchev–Trinajstić information content (AvgIpc) is 2.84. The molecule has 2 nitrogen and oxygen atoms in total. The zero-order chi connectivity index (χ0) is 14.8. The van der Waals surface area contributed by atoms with Gasteiger partial charge < -0.3 is 9.30 Å². The van der Waals surface area contributed by atoms with Gasteiger partial charge in [-0.3, -0.25) is 0 Å². The molecule has 1 aromatic heterocycles. The van der Waals surface area contributed by atoms with E-state index in [1.54, 1.807) is 0 Å². The third-order valence-corrected chi connectivity index (χ3v) is 3.76. The summed E-state index contributed by atoms with van der Waals surface area (Å²) < 4.78 is 8.17. The Kier molecular flexibility index (Phi) is 3.89. The molecule has 0 aliphatic rings. The number of para-hydroxylation sites is 1. The second-order valence-electron chi connectivity index (χ2n) is 5.40. The van der Waals surface area contributed by atoms with E-state index in [2.05, 4.69) is 30.5 Å². The summed E-state index contributed by atoms with van der Waals surface area (Å²) >= 11 is 6.13. The molecule has 3 aromatic rings. The Bertz CT molecular complexity index is 747. The number of ether oxygens (including phenoxy) is 1. The molecule has 0 fully saturated rings. The number of hydrogen-bond acceptors (Lipinski definition) is 1. The van der Waals surface area contributed by atoms with E-state index in [0.29, 0.717) is 12.6 Å². The normalized spacial score (nSPS) is 11.2. The molecule has 0 amide bonds. The van der Waals surface area contributed by atoms with E-state index >= 15 is 0 Å². The fraction of sp³-hybridized carbons (Fsp3) is 0.222. The van der Waals surface area contributed by atoms with Gasteiger partial charge in [-0.2, -0.15) is 0 Å². The minimum Gasteiger partial charge on any atom is -0.487 e. The molecule has 3 heteroatoms. The van der Waals surface area contributed by atoms with E-state index in [4.69, 9.17) is 16.3 Å². The summed E-state index contributed by atoms with van der Waals surface area (Å²) in [6.45, 7) is 4.90. The molecule has 21 heavy (non-hydrogen) atoms. The second-order valence-corrected chi connectivity index (χ2v) is 5.84. The molecule has 3 rings (SSSR count). The zero-order valence-corrected chi connectivity index (χ0v) is 13.0. The highest BCUT2D eigenvalue weighted by Crippen LogP contribution is 2.27. The largest absolute Gasteiger partial charge is 0.487 e. The zero-order valence-electron chi connectivity index (χ0n) is 12.2. The van der Waals surface area contributed by atoms with E-state index in [0.717, 1.165) is 22.0 Å². The SMILES string of the molecule is CC(C)n1c(COc2ccccc2)cc2ccc(Cl)cc21. The molecule has 2 aromatic carbocycles. The highest BCUT2D eigenvalue weighted by Gasteiger charge is 2.12. The van der Waals surface area contributed by atoms with Crippen LogP contribution in [-0.2, 0) is 6.61 Å². The van der Waals surface area contributed by atoms with Crippen molar-refractivity contribution in [3.05, 3.63) is 65.3 Å². The van der Waals surface area contributed by atoms with Crippen molar-refractivity contribution in [2.45, 2.75) is 26.5 Å². The van der Waals surface area contributed by atoms with Crippen LogP contribution in [0.3, 0.4) is 0 Å². The standard InChI is InChI=1S/C18H18ClNO/c1-13(2)20-16(12-21-17-6-4-3-5-7-17)10-14-8-9-15(19)11-18(14)20/h3-11,13H,12H2,1-2H3. The topological polar surface area (TPSA) is 14.2 Å². The van der Waals surface area contributed by atoms with Gasteiger partial charge in [0.05, 0.1) is 11.2 Å². The first kappa shape index (κ1) is 14.0. The maximum atomic E-state index is 6.13. The highest BCUT2D eigenvalue weighted by atomic mass is 35.5. The molecule has 108 valence electrons. The molecule has 0 aliphatic carbocycles. The van der Waals surface area contributed by atoms with Crippen molar-refractivity contribution in [2.24, 2.45) is 0 Å². The van der Waals surface area contributed by atoms with Gasteiger partial charge in [-0.15, -0.1) is 0 Å². The Hall–Kier alpha value is -1.93. The lowest BCUT2D eigenvalue weighted by molar-refractivity contribution is 0.293. The molecule has 0 unspecified atom stereocenters. The Morgan fingerprint density at radius 3 is 2.52 bits per heavy atom. The Labute approximate surface area is 129 Å². The predicted octanol–water partition coefficient (Wildman–Crippen LogP) is 5.45. The molecule has 0 saturated heterocycles. The van der Waals surface area contributed by atoms with Crippen LogP contribution in [-0.4, -0.2) is 4.57 Å². The third kappa shape index (κ3) is 2.91. The van der Waals surface area contributed by atoms with Crippen molar-refractivity contribution in [1.29, 1.82) is 0 Å². The third-order valence-electron chi connectivity index (χ3n) is 3.53. The van der Waals surface area contributed by atoms with Crippen LogP contribution in [0.5, 0.6) is 5.75 Å². The molecule has 0 atom stereocenters. The molecular formula is C18H18ClNO. The maximum absolute atomic E-state index is 6.13. The Balaban J connectivity index is 1.96. The molecule has 1 heterocycles. The molecule has 0 N–H and O–H groups in total. The number of rotatable bonds is 4. The van der Waals surface area contributed by atoms with Gasteiger partial charge in [0.2, 0.25) is 0 Å². The van der Waals surface area contributed by atoms with Gasteiger partial charge in [-0.1, -0.05) is 35.9 Å². The summed E-state index contributed by atoms with van der Waals surface area (Å²) in [5.74, 6) is 0.885. The van der Waals surface area contributed by atoms with Crippen LogP contribution >= 0.6 is 11.6 Å². The van der Waals surface area contributed by atoms with Crippen LogP contribution in [0.4, 0.5) is 0 Å². The number of fused-ring (bicyclic) bond motifs is 1. The van der Waals surface area contributed by atoms with Crippen molar-refractivity contribution in [3.63, 3.8) is 0 Å². The van der Waals surface area contributed by atoms with Crippen molar-refractivity contribution in [1.82, 2.24) is 4.57 Å². The van der Waals surface area contributed by atoms with Gasteiger partial charge in [-0.05, 0) is 44.2 Å². The van der Waals surface area contributed by atoms with Crippen LogP contribution in [0.2, 0.25) is 5.02 Å². The molecular weight excluding hydrogens is 282 g/mol. The van der Waals surface area contributed by atoms with Gasteiger partial charge in [0.15, 0.2) is 0 Å². The lowest BCUT2D eigenvalue weighted by Crippen LogP contribution is -2.08. The van der Waals surface area contributed by atoms with Crippen LogP contribution in [0.25, 0.3) is 10.9 Å². The molecule has 0 bridgehead atoms. The lowest BCUT2D eigenvalue weighted by Gasteiger charge is -2.15. The van der Waals surface area contributed by atoms with Gasteiger partial charge in [-0.25, -0.2) is 0 Å². The summed E-state index contributed by atoms with van der Waals surface area (Å²) in [7, 11) is 0. The van der Waals surface area contributed by atoms with Crippen LogP contribution < -0.4 is 4.74 Å². The van der Waals surface area contributed by atoms with Gasteiger partial charge in [0.1, 0.15) is 12.4 Å². The summed E-state index contributed by atoms with van der Waals surface area (Å²) in [6.07, 6.45) is 0.